The van der Waals surface area contributed by atoms with Gasteiger partial charge in [0.15, 0.2) is 0 Å². The van der Waals surface area contributed by atoms with Gasteiger partial charge in [-0.15, -0.1) is 0 Å². The van der Waals surface area contributed by atoms with Crippen molar-refractivity contribution in [3.63, 3.8) is 0 Å². The molecule has 0 heterocycles. The van der Waals surface area contributed by atoms with Gasteiger partial charge in [-0.3, -0.25) is 0 Å². The van der Waals surface area contributed by atoms with E-state index >= 15 is 0 Å². The molecule has 0 aromatic carbocycles. The third-order valence-corrected chi connectivity index (χ3v) is 19.2. The van der Waals surface area contributed by atoms with Gasteiger partial charge in [-0.2, -0.15) is 0 Å². The van der Waals surface area contributed by atoms with Gasteiger partial charge in [0.2, 0.25) is 0 Å². The van der Waals surface area contributed by atoms with E-state index < -0.39 is 0 Å². The normalized spacial score (nSPS) is 26.6. The summed E-state index contributed by atoms with van der Waals surface area (Å²) < 4.78 is 0. The first kappa shape index (κ1) is 49.0. The van der Waals surface area contributed by atoms with Crippen LogP contribution in [-0.2, 0) is 0 Å². The van der Waals surface area contributed by atoms with Crippen molar-refractivity contribution in [2.45, 2.75) is 180 Å². The molecule has 0 amide bonds. The van der Waals surface area contributed by atoms with E-state index in [-0.39, 0.29) is 0 Å². The molecule has 0 aliphatic rings. The summed E-state index contributed by atoms with van der Waals surface area (Å²) in [6, 6.07) is 0. The van der Waals surface area contributed by atoms with Crippen LogP contribution in [0.1, 0.15) is 180 Å². The Balaban J connectivity index is 5.54. The molecule has 0 aliphatic carbocycles. The quantitative estimate of drug-likeness (QED) is 0.100. The molecule has 0 saturated carbocycles. The molecule has 0 bridgehead atoms. The van der Waals surface area contributed by atoms with E-state index in [1.165, 1.54) is 6.42 Å². The van der Waals surface area contributed by atoms with Gasteiger partial charge in [-0.1, -0.05) is 180 Å². The molecule has 22 atom stereocenters. The van der Waals surface area contributed by atoms with Crippen LogP contribution in [0.15, 0.2) is 0 Å². The predicted octanol–water partition coefficient (Wildman–Crippen LogP) is 16.0. The van der Waals surface area contributed by atoms with Crippen molar-refractivity contribution >= 4 is 0 Å². The zero-order valence-electron chi connectivity index (χ0n) is 39.0. The van der Waals surface area contributed by atoms with Crippen LogP contribution in [0.4, 0.5) is 0 Å². The van der Waals surface area contributed by atoms with E-state index in [2.05, 4.69) is 173 Å². The number of rotatable bonds is 23. The molecule has 296 valence electrons. The zero-order chi connectivity index (χ0) is 39.0. The van der Waals surface area contributed by atoms with Crippen LogP contribution in [0.3, 0.4) is 0 Å². The van der Waals surface area contributed by atoms with Crippen molar-refractivity contribution in [1.29, 1.82) is 0 Å². The number of hydrogen-bond donors (Lipinski definition) is 0. The average molecular weight is 689 g/mol. The molecule has 0 nitrogen and oxygen atoms in total. The van der Waals surface area contributed by atoms with Gasteiger partial charge in [-0.05, 0) is 136 Å². The molecular formula is C49H100. The van der Waals surface area contributed by atoms with Crippen LogP contribution in [0.25, 0.3) is 0 Å². The zero-order valence-corrected chi connectivity index (χ0v) is 39.0. The van der Waals surface area contributed by atoms with Gasteiger partial charge in [0.05, 0.1) is 0 Å². The van der Waals surface area contributed by atoms with Crippen LogP contribution < -0.4 is 0 Å². The van der Waals surface area contributed by atoms with Gasteiger partial charge in [0.25, 0.3) is 0 Å². The topological polar surface area (TPSA) is 0 Å². The summed E-state index contributed by atoms with van der Waals surface area (Å²) >= 11 is 0. The first-order chi connectivity index (χ1) is 22.3. The Hall–Kier alpha value is 0. The highest BCUT2D eigenvalue weighted by Crippen LogP contribution is 2.46. The van der Waals surface area contributed by atoms with E-state index in [9.17, 15) is 0 Å². The maximum atomic E-state index is 2.60. The van der Waals surface area contributed by atoms with Gasteiger partial charge in [0.1, 0.15) is 0 Å². The second kappa shape index (κ2) is 21.6. The molecule has 0 radical (unpaired) electrons. The molecule has 0 aliphatic heterocycles. The summed E-state index contributed by atoms with van der Waals surface area (Å²) in [5.41, 5.74) is 0. The fourth-order valence-electron chi connectivity index (χ4n) is 10.6. The summed E-state index contributed by atoms with van der Waals surface area (Å²) in [6.07, 6.45) is 1.30. The minimum absolute atomic E-state index is 0.730. The fourth-order valence-corrected chi connectivity index (χ4v) is 10.6. The first-order valence-electron chi connectivity index (χ1n) is 22.3. The van der Waals surface area contributed by atoms with Crippen molar-refractivity contribution in [3.05, 3.63) is 0 Å². The third-order valence-electron chi connectivity index (χ3n) is 19.2. The van der Waals surface area contributed by atoms with Crippen molar-refractivity contribution in [1.82, 2.24) is 0 Å². The monoisotopic (exact) mass is 689 g/mol. The lowest BCUT2D eigenvalue weighted by Crippen LogP contribution is -2.38. The Morgan fingerprint density at radius 1 is 0.184 bits per heavy atom. The summed E-state index contributed by atoms with van der Waals surface area (Å²) in [4.78, 5) is 0. The lowest BCUT2D eigenvalue weighted by atomic mass is 9.61. The van der Waals surface area contributed by atoms with E-state index in [4.69, 9.17) is 0 Å². The second-order valence-corrected chi connectivity index (χ2v) is 20.7. The molecule has 0 aromatic rings. The van der Waals surface area contributed by atoms with E-state index in [0.29, 0.717) is 0 Å². The second-order valence-electron chi connectivity index (χ2n) is 20.7. The van der Waals surface area contributed by atoms with E-state index in [1.54, 1.807) is 0 Å². The minimum Gasteiger partial charge on any atom is -0.0651 e. The Bertz CT molecular complexity index is 856. The molecule has 0 saturated heterocycles. The van der Waals surface area contributed by atoms with Crippen molar-refractivity contribution in [2.75, 3.05) is 0 Å². The van der Waals surface area contributed by atoms with Gasteiger partial charge in [0, 0.05) is 0 Å². The van der Waals surface area contributed by atoms with Crippen molar-refractivity contribution < 1.29 is 0 Å². The van der Waals surface area contributed by atoms with Gasteiger partial charge in [-0.25, -0.2) is 0 Å². The number of hydrogen-bond acceptors (Lipinski definition) is 0. The third kappa shape index (κ3) is 12.5. The SMILES string of the molecule is CCC(C)C(C)C(C)C(C)C(C)C(C)C(C)C(C)C(C)C(C)C(C)C(C)C(C)C(C)C(C)C(C)C(C)C(C)C(C)C(C)C(C)C(C)C(C)C. The molecule has 49 heavy (non-hydrogen) atoms. The largest absolute Gasteiger partial charge is 0.0651 e. The molecule has 0 heteroatoms. The Morgan fingerprint density at radius 3 is 0.429 bits per heavy atom. The highest BCUT2D eigenvalue weighted by molar-refractivity contribution is 4.88. The summed E-state index contributed by atoms with van der Waals surface area (Å²) in [7, 11) is 0. The van der Waals surface area contributed by atoms with E-state index in [0.717, 1.165) is 136 Å². The highest BCUT2D eigenvalue weighted by atomic mass is 14.4. The molecule has 0 rings (SSSR count). The smallest absolute Gasteiger partial charge is 0.0386 e. The lowest BCUT2D eigenvalue weighted by Gasteiger charge is -2.44. The maximum absolute atomic E-state index is 2.60. The summed E-state index contributed by atoms with van der Waals surface area (Å²) in [5.74, 6) is 17.3. The maximum Gasteiger partial charge on any atom is -0.0386 e. The fraction of sp³-hybridized carbons (Fsp3) is 1.00. The standard InChI is InChI=1S/C49H100/c1-26-28(4)30(6)32(8)34(10)36(12)38(14)40(16)42(18)44(20)46(22)48(24)49(25)47(23)45(21)43(19)41(17)39(15)37(13)35(11)33(9)31(7)29(5)27(2)3/h27-49H,26H2,1-25H3. The van der Waals surface area contributed by atoms with Crippen LogP contribution in [0.5, 0.6) is 0 Å². The van der Waals surface area contributed by atoms with Crippen molar-refractivity contribution in [2.24, 2.45) is 136 Å². The van der Waals surface area contributed by atoms with Crippen molar-refractivity contribution in [3.8, 4) is 0 Å². The first-order valence-corrected chi connectivity index (χ1v) is 22.3. The Kier molecular flexibility index (Phi) is 21.6. The van der Waals surface area contributed by atoms with Crippen LogP contribution in [0.2, 0.25) is 0 Å². The Morgan fingerprint density at radius 2 is 0.306 bits per heavy atom. The molecule has 22 unspecified atom stereocenters. The predicted molar refractivity (Wildman–Crippen MR) is 227 cm³/mol. The molecule has 0 aromatic heterocycles. The summed E-state index contributed by atoms with van der Waals surface area (Å²) in [5, 5.41) is 0. The molecule has 0 N–H and O–H groups in total. The molecule has 0 spiro atoms. The van der Waals surface area contributed by atoms with Gasteiger partial charge < -0.3 is 0 Å². The lowest BCUT2D eigenvalue weighted by molar-refractivity contribution is 0.0431. The van der Waals surface area contributed by atoms with Crippen LogP contribution >= 0.6 is 0 Å². The average Bonchev–Trinajstić information content (AvgIpc) is 3.10. The van der Waals surface area contributed by atoms with Crippen LogP contribution in [-0.4, -0.2) is 0 Å². The minimum atomic E-state index is 0.730. The van der Waals surface area contributed by atoms with E-state index in [1.807, 2.05) is 0 Å². The van der Waals surface area contributed by atoms with Crippen LogP contribution in [0, 0.1) is 136 Å². The molecular weight excluding hydrogens is 589 g/mol. The molecule has 0 fully saturated rings. The highest BCUT2D eigenvalue weighted by Gasteiger charge is 2.39. The Labute approximate surface area is 314 Å². The summed E-state index contributed by atoms with van der Waals surface area (Å²) in [6.45, 7) is 63.5. The van der Waals surface area contributed by atoms with Gasteiger partial charge >= 0.3 is 0 Å².